The van der Waals surface area contributed by atoms with Gasteiger partial charge in [-0.2, -0.15) is 0 Å². The summed E-state index contributed by atoms with van der Waals surface area (Å²) < 4.78 is 7.81. The highest BCUT2D eigenvalue weighted by Gasteiger charge is 2.26. The highest BCUT2D eigenvalue weighted by atomic mass is 35.5. The van der Waals surface area contributed by atoms with E-state index in [1.165, 1.54) is 0 Å². The molecule has 1 aliphatic rings. The number of amides is 2. The second kappa shape index (κ2) is 8.06. The molecule has 1 fully saturated rings. The summed E-state index contributed by atoms with van der Waals surface area (Å²) in [7, 11) is 0. The van der Waals surface area contributed by atoms with Crippen LogP contribution in [0.5, 0.6) is 5.75 Å². The zero-order chi connectivity index (χ0) is 20.4. The first-order valence-electron chi connectivity index (χ1n) is 8.86. The highest BCUT2D eigenvalue weighted by Crippen LogP contribution is 2.24. The number of hydrogen-bond donors (Lipinski definition) is 2. The van der Waals surface area contributed by atoms with Gasteiger partial charge in [-0.1, -0.05) is 29.8 Å². The Morgan fingerprint density at radius 3 is 2.45 bits per heavy atom. The molecule has 2 N–H and O–H groups in total. The minimum absolute atomic E-state index is 0.0129. The Bertz CT molecular complexity index is 1130. The van der Waals surface area contributed by atoms with E-state index in [1.54, 1.807) is 18.2 Å². The predicted molar refractivity (Wildman–Crippen MR) is 116 cm³/mol. The van der Waals surface area contributed by atoms with Gasteiger partial charge >= 0.3 is 0 Å². The lowest BCUT2D eigenvalue weighted by Gasteiger charge is -2.16. The molecule has 0 aliphatic carbocycles. The van der Waals surface area contributed by atoms with Gasteiger partial charge in [0.15, 0.2) is 5.11 Å². The summed E-state index contributed by atoms with van der Waals surface area (Å²) in [4.78, 5) is 24.3. The smallest absolute Gasteiger partial charge is 0.263 e. The molecular formula is C21H16ClN3O3S. The van der Waals surface area contributed by atoms with Crippen LogP contribution in [0.4, 0.5) is 0 Å². The molecule has 1 aliphatic heterocycles. The molecule has 2 aromatic carbocycles. The normalized spacial score (nSPS) is 14.0. The summed E-state index contributed by atoms with van der Waals surface area (Å²) in [5, 5.41) is 6.49. The first-order chi connectivity index (χ1) is 14.0. The van der Waals surface area contributed by atoms with E-state index in [9.17, 15) is 9.59 Å². The van der Waals surface area contributed by atoms with Crippen molar-refractivity contribution in [2.45, 2.75) is 6.54 Å². The van der Waals surface area contributed by atoms with Crippen molar-refractivity contribution >= 4 is 57.7 Å². The molecule has 6 nitrogen and oxygen atoms in total. The van der Waals surface area contributed by atoms with Crippen molar-refractivity contribution in [2.24, 2.45) is 0 Å². The van der Waals surface area contributed by atoms with E-state index in [2.05, 4.69) is 10.6 Å². The summed E-state index contributed by atoms with van der Waals surface area (Å²) in [6.07, 6.45) is 3.47. The predicted octanol–water partition coefficient (Wildman–Crippen LogP) is 3.29. The quantitative estimate of drug-likeness (QED) is 0.374. The maximum Gasteiger partial charge on any atom is 0.263 e. The number of hydrogen-bond acceptors (Lipinski definition) is 4. The fourth-order valence-electron chi connectivity index (χ4n) is 3.13. The second-order valence-electron chi connectivity index (χ2n) is 6.39. The average Bonchev–Trinajstić information content (AvgIpc) is 3.04. The van der Waals surface area contributed by atoms with Crippen LogP contribution < -0.4 is 15.4 Å². The molecule has 0 atom stereocenters. The Kier molecular flexibility index (Phi) is 5.33. The molecule has 8 heteroatoms. The van der Waals surface area contributed by atoms with Crippen molar-refractivity contribution in [3.8, 4) is 5.75 Å². The number of halogens is 1. The van der Waals surface area contributed by atoms with Gasteiger partial charge in [0, 0.05) is 27.7 Å². The average molecular weight is 426 g/mol. The number of aromatic nitrogens is 1. The molecule has 0 saturated carbocycles. The maximum atomic E-state index is 12.2. The fraction of sp³-hybridized carbons (Fsp3) is 0.0952. The molecule has 3 aromatic rings. The van der Waals surface area contributed by atoms with E-state index in [1.807, 2.05) is 47.2 Å². The zero-order valence-corrected chi connectivity index (χ0v) is 16.7. The summed E-state index contributed by atoms with van der Waals surface area (Å²) in [5.74, 6) is -0.289. The number of nitrogens with one attached hydrogen (secondary N) is 2. The number of carbonyl (C=O) groups excluding carboxylic acids is 2. The van der Waals surface area contributed by atoms with Crippen molar-refractivity contribution < 1.29 is 14.3 Å². The van der Waals surface area contributed by atoms with Crippen LogP contribution in [0.2, 0.25) is 5.02 Å². The molecule has 146 valence electrons. The Hall–Kier alpha value is -3.16. The number of rotatable bonds is 5. The first kappa shape index (κ1) is 19.2. The Morgan fingerprint density at radius 2 is 1.72 bits per heavy atom. The molecule has 2 heterocycles. The molecule has 29 heavy (non-hydrogen) atoms. The third kappa shape index (κ3) is 4.16. The first-order valence-corrected chi connectivity index (χ1v) is 9.64. The number of benzene rings is 2. The third-order valence-corrected chi connectivity index (χ3v) is 4.93. The van der Waals surface area contributed by atoms with Gasteiger partial charge < -0.3 is 9.30 Å². The van der Waals surface area contributed by atoms with Gasteiger partial charge in [0.05, 0.1) is 6.54 Å². The summed E-state index contributed by atoms with van der Waals surface area (Å²) in [5.41, 5.74) is 1.75. The summed E-state index contributed by atoms with van der Waals surface area (Å²) in [6.45, 7) is 1.04. The lowest BCUT2D eigenvalue weighted by Crippen LogP contribution is -2.51. The minimum atomic E-state index is -0.512. The van der Waals surface area contributed by atoms with Gasteiger partial charge in [-0.3, -0.25) is 20.2 Å². The van der Waals surface area contributed by atoms with Gasteiger partial charge in [-0.15, -0.1) is 0 Å². The van der Waals surface area contributed by atoms with Crippen molar-refractivity contribution in [3.05, 3.63) is 70.9 Å². The molecule has 1 saturated heterocycles. The van der Waals surface area contributed by atoms with E-state index in [4.69, 9.17) is 28.6 Å². The van der Waals surface area contributed by atoms with Crippen LogP contribution in [0.3, 0.4) is 0 Å². The number of fused-ring (bicyclic) bond motifs is 1. The summed E-state index contributed by atoms with van der Waals surface area (Å²) in [6, 6.07) is 15.0. The van der Waals surface area contributed by atoms with E-state index in [0.29, 0.717) is 18.2 Å². The number of nitrogens with zero attached hydrogens (tertiary/aromatic N) is 1. The number of thiocarbonyl (C=S) groups is 1. The van der Waals surface area contributed by atoms with Crippen LogP contribution in [-0.2, 0) is 16.1 Å². The van der Waals surface area contributed by atoms with Crippen molar-refractivity contribution in [1.29, 1.82) is 0 Å². The van der Waals surface area contributed by atoms with Crippen LogP contribution >= 0.6 is 23.8 Å². The maximum absolute atomic E-state index is 12.2. The van der Waals surface area contributed by atoms with Crippen LogP contribution in [0.15, 0.2) is 60.3 Å². The zero-order valence-electron chi connectivity index (χ0n) is 15.1. The van der Waals surface area contributed by atoms with Crippen LogP contribution in [0.25, 0.3) is 17.0 Å². The molecule has 1 aromatic heterocycles. The second-order valence-corrected chi connectivity index (χ2v) is 7.24. The summed E-state index contributed by atoms with van der Waals surface area (Å²) >= 11 is 10.7. The minimum Gasteiger partial charge on any atom is -0.492 e. The lowest BCUT2D eigenvalue weighted by molar-refractivity contribution is -0.123. The SMILES string of the molecule is O=C1NC(=S)NC(=O)C1=Cc1cn(CCOc2ccc(Cl)cc2)c2ccccc12. The molecular weight excluding hydrogens is 410 g/mol. The monoisotopic (exact) mass is 425 g/mol. The number of carbonyl (C=O) groups is 2. The van der Waals surface area contributed by atoms with Crippen molar-refractivity contribution in [1.82, 2.24) is 15.2 Å². The van der Waals surface area contributed by atoms with Gasteiger partial charge in [0.25, 0.3) is 11.8 Å². The third-order valence-electron chi connectivity index (χ3n) is 4.48. The molecule has 0 bridgehead atoms. The largest absolute Gasteiger partial charge is 0.492 e. The van der Waals surface area contributed by atoms with Gasteiger partial charge in [0.1, 0.15) is 17.9 Å². The molecule has 0 radical (unpaired) electrons. The van der Waals surface area contributed by atoms with Crippen LogP contribution in [-0.4, -0.2) is 28.1 Å². The molecule has 4 rings (SSSR count). The lowest BCUT2D eigenvalue weighted by atomic mass is 10.1. The van der Waals surface area contributed by atoms with Crippen molar-refractivity contribution in [3.63, 3.8) is 0 Å². The van der Waals surface area contributed by atoms with E-state index in [-0.39, 0.29) is 10.7 Å². The van der Waals surface area contributed by atoms with Crippen LogP contribution in [0, 0.1) is 0 Å². The van der Waals surface area contributed by atoms with E-state index < -0.39 is 11.8 Å². The van der Waals surface area contributed by atoms with Crippen LogP contribution in [0.1, 0.15) is 5.56 Å². The Balaban J connectivity index is 1.59. The number of para-hydroxylation sites is 1. The molecule has 0 spiro atoms. The molecule has 0 unspecified atom stereocenters. The Labute approximate surface area is 177 Å². The van der Waals surface area contributed by atoms with Gasteiger partial charge in [-0.25, -0.2) is 0 Å². The van der Waals surface area contributed by atoms with Gasteiger partial charge in [0.2, 0.25) is 0 Å². The number of ether oxygens (including phenoxy) is 1. The van der Waals surface area contributed by atoms with E-state index >= 15 is 0 Å². The fourth-order valence-corrected chi connectivity index (χ4v) is 3.44. The molecule has 2 amide bonds. The van der Waals surface area contributed by atoms with E-state index in [0.717, 1.165) is 22.2 Å². The topological polar surface area (TPSA) is 72.4 Å². The standard InChI is InChI=1S/C21H16ClN3O3S/c22-14-5-7-15(8-6-14)28-10-9-25-12-13(16-3-1-2-4-18(16)25)11-17-19(26)23-21(29)24-20(17)27/h1-8,11-12H,9-10H2,(H2,23,24,26,27,29). The highest BCUT2D eigenvalue weighted by molar-refractivity contribution is 7.80. The van der Waals surface area contributed by atoms with Crippen molar-refractivity contribution in [2.75, 3.05) is 6.61 Å². The van der Waals surface area contributed by atoms with Gasteiger partial charge in [-0.05, 0) is 48.6 Å². The Morgan fingerprint density at radius 1 is 1.03 bits per heavy atom.